The summed E-state index contributed by atoms with van der Waals surface area (Å²) in [7, 11) is 0. The molecule has 1 aromatic rings. The van der Waals surface area contributed by atoms with Crippen molar-refractivity contribution in [1.29, 1.82) is 0 Å². The average Bonchev–Trinajstić information content (AvgIpc) is 2.10. The minimum absolute atomic E-state index is 0.00343. The van der Waals surface area contributed by atoms with Crippen LogP contribution in [0.25, 0.3) is 0 Å². The van der Waals surface area contributed by atoms with Gasteiger partial charge in [0.05, 0.1) is 0 Å². The van der Waals surface area contributed by atoms with Gasteiger partial charge < -0.3 is 5.73 Å². The van der Waals surface area contributed by atoms with Gasteiger partial charge in [0.1, 0.15) is 0 Å². The lowest BCUT2D eigenvalue weighted by molar-refractivity contribution is 0.332. The minimum Gasteiger partial charge on any atom is -0.327 e. The Hall–Kier alpha value is -0.960. The van der Waals surface area contributed by atoms with Gasteiger partial charge in [-0.25, -0.2) is 8.78 Å². The lowest BCUT2D eigenvalue weighted by Gasteiger charge is -2.34. The molecule has 0 amide bonds. The van der Waals surface area contributed by atoms with Crippen LogP contribution in [0.3, 0.4) is 0 Å². The third-order valence-corrected chi connectivity index (χ3v) is 2.71. The number of hydrogen-bond acceptors (Lipinski definition) is 1. The number of benzene rings is 1. The molecule has 0 saturated heterocycles. The molecule has 3 heteroatoms. The predicted molar refractivity (Wildman–Crippen MR) is 46.3 cm³/mol. The minimum atomic E-state index is -0.781. The smallest absolute Gasteiger partial charge is 0.162 e. The van der Waals surface area contributed by atoms with Crippen molar-refractivity contribution >= 4 is 0 Å². The first-order valence-electron chi connectivity index (χ1n) is 4.39. The van der Waals surface area contributed by atoms with Crippen LogP contribution < -0.4 is 5.73 Å². The molecule has 1 fully saturated rings. The average molecular weight is 183 g/mol. The molecular weight excluding hydrogens is 172 g/mol. The fraction of sp³-hybridized carbons (Fsp3) is 0.400. The van der Waals surface area contributed by atoms with Crippen LogP contribution in [0.2, 0.25) is 0 Å². The molecule has 0 aliphatic heterocycles. The van der Waals surface area contributed by atoms with Gasteiger partial charge in [-0.1, -0.05) is 12.1 Å². The van der Waals surface area contributed by atoms with Crippen molar-refractivity contribution in [3.05, 3.63) is 35.4 Å². The van der Waals surface area contributed by atoms with E-state index in [2.05, 4.69) is 0 Å². The fourth-order valence-corrected chi connectivity index (χ4v) is 1.72. The Balaban J connectivity index is 2.34. The third kappa shape index (κ3) is 1.33. The van der Waals surface area contributed by atoms with Crippen molar-refractivity contribution in [3.63, 3.8) is 0 Å². The Morgan fingerprint density at radius 3 is 2.54 bits per heavy atom. The number of rotatable bonds is 1. The van der Waals surface area contributed by atoms with E-state index < -0.39 is 11.6 Å². The summed E-state index contributed by atoms with van der Waals surface area (Å²) in [6.45, 7) is 0. The van der Waals surface area contributed by atoms with Crippen molar-refractivity contribution in [2.75, 3.05) is 0 Å². The van der Waals surface area contributed by atoms with Crippen LogP contribution in [0.5, 0.6) is 0 Å². The molecule has 2 rings (SSSR count). The summed E-state index contributed by atoms with van der Waals surface area (Å²) in [5.41, 5.74) is 6.11. The topological polar surface area (TPSA) is 26.0 Å². The molecule has 2 atom stereocenters. The van der Waals surface area contributed by atoms with Crippen molar-refractivity contribution in [2.45, 2.75) is 24.8 Å². The van der Waals surface area contributed by atoms with Gasteiger partial charge >= 0.3 is 0 Å². The van der Waals surface area contributed by atoms with Gasteiger partial charge in [0.15, 0.2) is 11.6 Å². The van der Waals surface area contributed by atoms with Crippen molar-refractivity contribution in [1.82, 2.24) is 0 Å². The van der Waals surface area contributed by atoms with Crippen molar-refractivity contribution in [2.24, 2.45) is 5.73 Å². The second kappa shape index (κ2) is 3.07. The molecule has 1 saturated carbocycles. The van der Waals surface area contributed by atoms with Crippen LogP contribution in [0, 0.1) is 11.6 Å². The van der Waals surface area contributed by atoms with Crippen molar-refractivity contribution in [3.8, 4) is 0 Å². The molecule has 1 aromatic carbocycles. The van der Waals surface area contributed by atoms with E-state index in [0.29, 0.717) is 5.56 Å². The summed E-state index contributed by atoms with van der Waals surface area (Å²) >= 11 is 0. The van der Waals surface area contributed by atoms with E-state index in [1.165, 1.54) is 6.07 Å². The van der Waals surface area contributed by atoms with E-state index in [0.717, 1.165) is 18.9 Å². The van der Waals surface area contributed by atoms with Gasteiger partial charge in [0.2, 0.25) is 0 Å². The summed E-state index contributed by atoms with van der Waals surface area (Å²) < 4.78 is 26.0. The third-order valence-electron chi connectivity index (χ3n) is 2.71. The monoisotopic (exact) mass is 183 g/mol. The molecule has 1 aliphatic rings. The maximum absolute atomic E-state index is 13.2. The molecule has 70 valence electrons. The van der Waals surface area contributed by atoms with Crippen LogP contribution in [0.4, 0.5) is 8.78 Å². The first-order valence-corrected chi connectivity index (χ1v) is 4.39. The maximum atomic E-state index is 13.2. The van der Waals surface area contributed by atoms with Crippen LogP contribution in [0.1, 0.15) is 24.3 Å². The number of nitrogens with two attached hydrogens (primary N) is 1. The maximum Gasteiger partial charge on any atom is 0.162 e. The normalized spacial score (nSPS) is 27.0. The van der Waals surface area contributed by atoms with Crippen LogP contribution in [-0.2, 0) is 0 Å². The van der Waals surface area contributed by atoms with E-state index in [4.69, 9.17) is 5.73 Å². The Morgan fingerprint density at radius 2 is 2.00 bits per heavy atom. The van der Waals surface area contributed by atoms with E-state index in [9.17, 15) is 8.78 Å². The fourth-order valence-electron chi connectivity index (χ4n) is 1.72. The van der Waals surface area contributed by atoms with Gasteiger partial charge in [0.25, 0.3) is 0 Å². The summed E-state index contributed by atoms with van der Waals surface area (Å²) in [4.78, 5) is 0. The summed E-state index contributed by atoms with van der Waals surface area (Å²) in [5, 5.41) is 0. The summed E-state index contributed by atoms with van der Waals surface area (Å²) in [6, 6.07) is 4.26. The molecule has 0 aromatic heterocycles. The Morgan fingerprint density at radius 1 is 1.23 bits per heavy atom. The van der Waals surface area contributed by atoms with Gasteiger partial charge in [-0.05, 0) is 24.5 Å². The summed E-state index contributed by atoms with van der Waals surface area (Å²) in [6.07, 6.45) is 1.77. The van der Waals surface area contributed by atoms with Gasteiger partial charge in [-0.15, -0.1) is 0 Å². The molecule has 2 unspecified atom stereocenters. The van der Waals surface area contributed by atoms with Gasteiger partial charge in [-0.2, -0.15) is 0 Å². The SMILES string of the molecule is NC1CCC1c1cccc(F)c1F. The van der Waals surface area contributed by atoms with E-state index >= 15 is 0 Å². The molecular formula is C10H11F2N. The molecule has 1 nitrogen and oxygen atoms in total. The molecule has 0 radical (unpaired) electrons. The largest absolute Gasteiger partial charge is 0.327 e. The van der Waals surface area contributed by atoms with E-state index in [1.807, 2.05) is 0 Å². The zero-order valence-electron chi connectivity index (χ0n) is 7.13. The zero-order chi connectivity index (χ0) is 9.42. The highest BCUT2D eigenvalue weighted by atomic mass is 19.2. The summed E-state index contributed by atoms with van der Waals surface area (Å²) in [5.74, 6) is -1.50. The van der Waals surface area contributed by atoms with Crippen LogP contribution in [-0.4, -0.2) is 6.04 Å². The number of halogens is 2. The van der Waals surface area contributed by atoms with Crippen molar-refractivity contribution < 1.29 is 8.78 Å². The Kier molecular flexibility index (Phi) is 2.04. The molecule has 2 N–H and O–H groups in total. The van der Waals surface area contributed by atoms with Crippen LogP contribution >= 0.6 is 0 Å². The quantitative estimate of drug-likeness (QED) is 0.709. The Bertz CT molecular complexity index is 325. The predicted octanol–water partition coefficient (Wildman–Crippen LogP) is 2.17. The zero-order valence-corrected chi connectivity index (χ0v) is 7.13. The highest BCUT2D eigenvalue weighted by Gasteiger charge is 2.31. The number of hydrogen-bond donors (Lipinski definition) is 1. The Labute approximate surface area is 75.6 Å². The lowest BCUT2D eigenvalue weighted by atomic mass is 9.75. The van der Waals surface area contributed by atoms with Gasteiger partial charge in [-0.3, -0.25) is 0 Å². The molecule has 0 spiro atoms. The molecule has 0 heterocycles. The first kappa shape index (κ1) is 8.63. The van der Waals surface area contributed by atoms with E-state index in [-0.39, 0.29) is 12.0 Å². The van der Waals surface area contributed by atoms with E-state index in [1.54, 1.807) is 6.07 Å². The second-order valence-corrected chi connectivity index (χ2v) is 3.49. The highest BCUT2D eigenvalue weighted by molar-refractivity contribution is 5.26. The molecule has 13 heavy (non-hydrogen) atoms. The highest BCUT2D eigenvalue weighted by Crippen LogP contribution is 2.36. The molecule has 1 aliphatic carbocycles. The standard InChI is InChI=1S/C10H11F2N/c11-8-3-1-2-7(10(8)12)6-4-5-9(6)13/h1-3,6,9H,4-5,13H2. The van der Waals surface area contributed by atoms with Gasteiger partial charge in [0, 0.05) is 12.0 Å². The first-order chi connectivity index (χ1) is 6.20. The van der Waals surface area contributed by atoms with Crippen LogP contribution in [0.15, 0.2) is 18.2 Å². The lowest BCUT2D eigenvalue weighted by Crippen LogP contribution is -2.37. The molecule has 0 bridgehead atoms. The second-order valence-electron chi connectivity index (χ2n) is 3.49.